The topological polar surface area (TPSA) is 67.5 Å². The molecular weight excluding hydrogens is 210 g/mol. The quantitative estimate of drug-likeness (QED) is 0.733. The summed E-state index contributed by atoms with van der Waals surface area (Å²) in [6.45, 7) is 5.15. The molecule has 1 aromatic heterocycles. The lowest BCUT2D eigenvalue weighted by molar-refractivity contribution is -0.591. The molecule has 5 heteroatoms. The van der Waals surface area contributed by atoms with Gasteiger partial charge >= 0.3 is 17.8 Å². The fourth-order valence-electron chi connectivity index (χ4n) is 1.09. The Morgan fingerprint density at radius 2 is 1.94 bits per heavy atom. The molecule has 0 fully saturated rings. The van der Waals surface area contributed by atoms with Gasteiger partial charge in [-0.25, -0.2) is 4.79 Å². The Morgan fingerprint density at radius 1 is 1.31 bits per heavy atom. The molecule has 0 unspecified atom stereocenters. The molecular formula is C11H14NO4+. The van der Waals surface area contributed by atoms with Crippen LogP contribution >= 0.6 is 0 Å². The summed E-state index contributed by atoms with van der Waals surface area (Å²) in [6, 6.07) is 4.45. The summed E-state index contributed by atoms with van der Waals surface area (Å²) in [7, 11) is 0. The van der Waals surface area contributed by atoms with Crippen molar-refractivity contribution in [2.24, 2.45) is 0 Å². The minimum atomic E-state index is -1.17. The van der Waals surface area contributed by atoms with Crippen molar-refractivity contribution in [3.63, 3.8) is 0 Å². The number of carboxylic acid groups (broad SMARTS) is 1. The lowest BCUT2D eigenvalue weighted by Crippen LogP contribution is -2.50. The lowest BCUT2D eigenvalue weighted by atomic mass is 10.2. The number of hydrogen-bond acceptors (Lipinski definition) is 3. The van der Waals surface area contributed by atoms with Crippen LogP contribution in [0.3, 0.4) is 0 Å². The average Bonchev–Trinajstić information content (AvgIpc) is 2.15. The number of carbonyl (C=O) groups excluding carboxylic acids is 1. The van der Waals surface area contributed by atoms with Crippen molar-refractivity contribution >= 4 is 12.1 Å². The van der Waals surface area contributed by atoms with E-state index in [-0.39, 0.29) is 5.69 Å². The van der Waals surface area contributed by atoms with Crippen molar-refractivity contribution < 1.29 is 24.0 Å². The third-order valence-corrected chi connectivity index (χ3v) is 1.67. The molecule has 0 saturated carbocycles. The molecule has 0 aliphatic rings. The third-order valence-electron chi connectivity index (χ3n) is 1.67. The largest absolute Gasteiger partial charge is 0.603 e. The molecule has 5 nitrogen and oxygen atoms in total. The number of carboxylic acids is 1. The van der Waals surface area contributed by atoms with Crippen LogP contribution < -0.4 is 4.57 Å². The van der Waals surface area contributed by atoms with Crippen LogP contribution in [0.1, 0.15) is 31.3 Å². The van der Waals surface area contributed by atoms with E-state index in [9.17, 15) is 9.59 Å². The van der Waals surface area contributed by atoms with Gasteiger partial charge in [0.2, 0.25) is 0 Å². The standard InChI is InChI=1S/C11H13NO4/c1-11(2,3)16-10(15)12-7-5-4-6-8(12)9(13)14/h4-7H,1-3H3/p+1. The van der Waals surface area contributed by atoms with Gasteiger partial charge in [-0.3, -0.25) is 0 Å². The number of ether oxygens (including phenoxy) is 1. The predicted molar refractivity (Wildman–Crippen MR) is 55.2 cm³/mol. The van der Waals surface area contributed by atoms with Crippen LogP contribution in [0.5, 0.6) is 0 Å². The molecule has 0 atom stereocenters. The van der Waals surface area contributed by atoms with Crippen molar-refractivity contribution in [3.8, 4) is 0 Å². The predicted octanol–water partition coefficient (Wildman–Crippen LogP) is 1.46. The molecule has 86 valence electrons. The van der Waals surface area contributed by atoms with E-state index in [0.717, 1.165) is 4.57 Å². The highest BCUT2D eigenvalue weighted by Gasteiger charge is 2.30. The van der Waals surface area contributed by atoms with Gasteiger partial charge in [-0.2, -0.15) is 4.79 Å². The normalized spacial score (nSPS) is 10.9. The first kappa shape index (κ1) is 12.2. The maximum absolute atomic E-state index is 11.7. The van der Waals surface area contributed by atoms with Gasteiger partial charge in [0.15, 0.2) is 6.20 Å². The Hall–Kier alpha value is -1.91. The number of carbonyl (C=O) groups is 2. The summed E-state index contributed by atoms with van der Waals surface area (Å²) < 4.78 is 6.04. The number of aromatic carboxylic acids is 1. The maximum atomic E-state index is 11.7. The smallest absolute Gasteiger partial charge is 0.473 e. The van der Waals surface area contributed by atoms with E-state index in [1.165, 1.54) is 12.3 Å². The fourth-order valence-corrected chi connectivity index (χ4v) is 1.09. The summed E-state index contributed by atoms with van der Waals surface area (Å²) in [6.07, 6.45) is 0.655. The molecule has 0 aromatic carbocycles. The maximum Gasteiger partial charge on any atom is 0.603 e. The van der Waals surface area contributed by atoms with Crippen molar-refractivity contribution in [1.82, 2.24) is 0 Å². The van der Waals surface area contributed by atoms with Crippen molar-refractivity contribution in [1.29, 1.82) is 0 Å². The Kier molecular flexibility index (Phi) is 3.27. The van der Waals surface area contributed by atoms with E-state index < -0.39 is 17.7 Å². The fraction of sp³-hybridized carbons (Fsp3) is 0.364. The molecule has 0 aliphatic heterocycles. The minimum Gasteiger partial charge on any atom is -0.473 e. The van der Waals surface area contributed by atoms with Crippen molar-refractivity contribution in [2.75, 3.05) is 0 Å². The molecule has 1 aromatic rings. The van der Waals surface area contributed by atoms with Gasteiger partial charge in [-0.1, -0.05) is 4.57 Å². The van der Waals surface area contributed by atoms with Crippen LogP contribution in [-0.4, -0.2) is 22.8 Å². The zero-order valence-electron chi connectivity index (χ0n) is 9.43. The van der Waals surface area contributed by atoms with Gasteiger partial charge in [-0.15, -0.1) is 0 Å². The molecule has 0 aliphatic carbocycles. The van der Waals surface area contributed by atoms with E-state index in [1.54, 1.807) is 32.9 Å². The molecule has 16 heavy (non-hydrogen) atoms. The Bertz CT molecular complexity index is 420. The Labute approximate surface area is 93.3 Å². The lowest BCUT2D eigenvalue weighted by Gasteiger charge is -2.15. The van der Waals surface area contributed by atoms with E-state index in [4.69, 9.17) is 9.84 Å². The van der Waals surface area contributed by atoms with Crippen molar-refractivity contribution in [2.45, 2.75) is 26.4 Å². The second-order valence-corrected chi connectivity index (χ2v) is 4.24. The monoisotopic (exact) mass is 224 g/mol. The zero-order chi connectivity index (χ0) is 12.3. The highest BCUT2D eigenvalue weighted by molar-refractivity contribution is 5.84. The van der Waals surface area contributed by atoms with E-state index in [2.05, 4.69) is 0 Å². The van der Waals surface area contributed by atoms with Crippen molar-refractivity contribution in [3.05, 3.63) is 30.1 Å². The molecule has 0 amide bonds. The highest BCUT2D eigenvalue weighted by atomic mass is 16.6. The molecule has 1 heterocycles. The zero-order valence-corrected chi connectivity index (χ0v) is 9.43. The number of hydrogen-bond donors (Lipinski definition) is 1. The highest BCUT2D eigenvalue weighted by Crippen LogP contribution is 2.06. The van der Waals surface area contributed by atoms with Gasteiger partial charge in [0, 0.05) is 12.1 Å². The Balaban J connectivity index is 3.04. The molecule has 1 N–H and O–H groups in total. The first-order valence-corrected chi connectivity index (χ1v) is 4.78. The van der Waals surface area contributed by atoms with Crippen LogP contribution in [0.25, 0.3) is 0 Å². The molecule has 0 spiro atoms. The summed E-state index contributed by atoms with van der Waals surface area (Å²) in [5, 5.41) is 8.88. The first-order chi connectivity index (χ1) is 7.31. The third kappa shape index (κ3) is 3.05. The minimum absolute atomic E-state index is 0.128. The number of nitrogens with zero attached hydrogens (tertiary/aromatic N) is 1. The summed E-state index contributed by atoms with van der Waals surface area (Å²) in [5.41, 5.74) is -0.785. The van der Waals surface area contributed by atoms with Gasteiger partial charge in [0.25, 0.3) is 0 Å². The summed E-state index contributed by atoms with van der Waals surface area (Å²) >= 11 is 0. The van der Waals surface area contributed by atoms with E-state index >= 15 is 0 Å². The van der Waals surface area contributed by atoms with Gasteiger partial charge < -0.3 is 9.84 Å². The number of aromatic nitrogens is 1. The van der Waals surface area contributed by atoms with Gasteiger partial charge in [0.05, 0.1) is 0 Å². The van der Waals surface area contributed by atoms with Crippen LogP contribution in [0.4, 0.5) is 4.79 Å². The van der Waals surface area contributed by atoms with Gasteiger partial charge in [-0.05, 0) is 26.8 Å². The number of pyridine rings is 1. The van der Waals surface area contributed by atoms with Gasteiger partial charge in [0.1, 0.15) is 5.60 Å². The van der Waals surface area contributed by atoms with Crippen LogP contribution in [0, 0.1) is 0 Å². The summed E-state index contributed by atoms with van der Waals surface area (Å²) in [5.74, 6) is -1.17. The number of rotatable bonds is 1. The van der Waals surface area contributed by atoms with Crippen LogP contribution in [0.2, 0.25) is 0 Å². The molecule has 0 saturated heterocycles. The molecule has 0 radical (unpaired) electrons. The second-order valence-electron chi connectivity index (χ2n) is 4.24. The van der Waals surface area contributed by atoms with E-state index in [1.807, 2.05) is 0 Å². The van der Waals surface area contributed by atoms with Crippen LogP contribution in [0.15, 0.2) is 24.4 Å². The van der Waals surface area contributed by atoms with Crippen LogP contribution in [-0.2, 0) is 4.74 Å². The second kappa shape index (κ2) is 4.30. The SMILES string of the molecule is CC(C)(C)OC(=O)[n+]1ccccc1C(=O)O. The molecule has 1 rings (SSSR count). The summed E-state index contributed by atoms with van der Waals surface area (Å²) in [4.78, 5) is 22.5. The Morgan fingerprint density at radius 3 is 2.44 bits per heavy atom. The first-order valence-electron chi connectivity index (χ1n) is 4.78. The average molecular weight is 224 g/mol. The van der Waals surface area contributed by atoms with E-state index in [0.29, 0.717) is 0 Å². The molecule has 0 bridgehead atoms.